The topological polar surface area (TPSA) is 71.8 Å². The number of hydrogen-bond acceptors (Lipinski definition) is 4. The highest BCUT2D eigenvalue weighted by molar-refractivity contribution is 5.66. The Hall–Kier alpha value is -1.68. The number of anilines is 1. The van der Waals surface area contributed by atoms with Crippen molar-refractivity contribution >= 4 is 11.8 Å². The van der Waals surface area contributed by atoms with Crippen LogP contribution >= 0.6 is 0 Å². The molecule has 0 saturated carbocycles. The van der Waals surface area contributed by atoms with E-state index in [1.54, 1.807) is 6.20 Å². The van der Waals surface area contributed by atoms with Crippen LogP contribution in [-0.4, -0.2) is 0 Å². The molecule has 1 aliphatic rings. The summed E-state index contributed by atoms with van der Waals surface area (Å²) >= 11 is 0. The lowest BCUT2D eigenvalue weighted by atomic mass is 10.2. The van der Waals surface area contributed by atoms with E-state index in [0.29, 0.717) is 0 Å². The smallest absolute Gasteiger partial charge is 0.0651 e. The summed E-state index contributed by atoms with van der Waals surface area (Å²) in [5.41, 5.74) is 4.92. The molecule has 0 atom stereocenters. The standard InChI is InChI=1S/C8H7N3.H3N/c1-2-4-8-7(3-1)5-6-9-11-10-8;/h1-6H,(H,9,10);1H3. The highest BCUT2D eigenvalue weighted by Crippen LogP contribution is 2.18. The van der Waals surface area contributed by atoms with Crippen LogP contribution in [0.2, 0.25) is 0 Å². The van der Waals surface area contributed by atoms with Gasteiger partial charge in [-0.25, -0.2) is 0 Å². The highest BCUT2D eigenvalue weighted by atomic mass is 15.4. The molecule has 0 aliphatic carbocycles. The molecule has 0 fully saturated rings. The Morgan fingerprint density at radius 3 is 2.92 bits per heavy atom. The van der Waals surface area contributed by atoms with Gasteiger partial charge in [-0.15, -0.1) is 5.11 Å². The molecule has 0 unspecified atom stereocenters. The summed E-state index contributed by atoms with van der Waals surface area (Å²) in [5, 5.41) is 7.42. The maximum Gasteiger partial charge on any atom is 0.0651 e. The second-order valence-corrected chi connectivity index (χ2v) is 2.23. The minimum Gasteiger partial charge on any atom is -0.344 e. The third-order valence-corrected chi connectivity index (χ3v) is 1.51. The van der Waals surface area contributed by atoms with E-state index in [9.17, 15) is 0 Å². The first kappa shape index (κ1) is 8.42. The zero-order chi connectivity index (χ0) is 7.52. The molecule has 0 saturated heterocycles. The second kappa shape index (κ2) is 3.64. The molecule has 12 heavy (non-hydrogen) atoms. The molecule has 4 nitrogen and oxygen atoms in total. The van der Waals surface area contributed by atoms with Crippen molar-refractivity contribution in [2.75, 3.05) is 5.43 Å². The highest BCUT2D eigenvalue weighted by Gasteiger charge is 1.97. The predicted octanol–water partition coefficient (Wildman–Crippen LogP) is 2.61. The van der Waals surface area contributed by atoms with Crippen LogP contribution in [0.4, 0.5) is 5.69 Å². The van der Waals surface area contributed by atoms with Gasteiger partial charge in [0.25, 0.3) is 0 Å². The first-order valence-electron chi connectivity index (χ1n) is 3.38. The van der Waals surface area contributed by atoms with Gasteiger partial charge in [-0.3, -0.25) is 5.43 Å². The molecule has 4 heteroatoms. The second-order valence-electron chi connectivity index (χ2n) is 2.23. The Balaban J connectivity index is 0.000000720. The van der Waals surface area contributed by atoms with Crippen LogP contribution in [0.15, 0.2) is 40.8 Å². The van der Waals surface area contributed by atoms with Gasteiger partial charge in [-0.1, -0.05) is 23.4 Å². The van der Waals surface area contributed by atoms with Gasteiger partial charge >= 0.3 is 0 Å². The van der Waals surface area contributed by atoms with Crippen molar-refractivity contribution in [2.45, 2.75) is 0 Å². The number of para-hydroxylation sites is 1. The van der Waals surface area contributed by atoms with Gasteiger partial charge in [-0.05, 0) is 12.1 Å². The molecule has 2 rings (SSSR count). The van der Waals surface area contributed by atoms with Gasteiger partial charge in [0.05, 0.1) is 11.9 Å². The molecule has 1 aliphatic heterocycles. The third kappa shape index (κ3) is 1.49. The predicted molar refractivity (Wildman–Crippen MR) is 49.0 cm³/mol. The van der Waals surface area contributed by atoms with Crippen molar-refractivity contribution in [3.8, 4) is 0 Å². The van der Waals surface area contributed by atoms with E-state index in [-0.39, 0.29) is 6.15 Å². The fourth-order valence-corrected chi connectivity index (χ4v) is 0.974. The van der Waals surface area contributed by atoms with Crippen molar-refractivity contribution in [1.82, 2.24) is 6.15 Å². The first-order valence-corrected chi connectivity index (χ1v) is 3.38. The maximum atomic E-state index is 3.72. The summed E-state index contributed by atoms with van der Waals surface area (Å²) in [5.74, 6) is 0. The van der Waals surface area contributed by atoms with Crippen LogP contribution in [0, 0.1) is 0 Å². The van der Waals surface area contributed by atoms with Gasteiger partial charge in [0, 0.05) is 5.56 Å². The van der Waals surface area contributed by atoms with E-state index >= 15 is 0 Å². The van der Waals surface area contributed by atoms with Gasteiger partial charge in [0.15, 0.2) is 0 Å². The monoisotopic (exact) mass is 162 g/mol. The van der Waals surface area contributed by atoms with Gasteiger partial charge < -0.3 is 6.15 Å². The molecule has 1 aromatic rings. The number of nitrogens with one attached hydrogen (secondary N) is 1. The lowest BCUT2D eigenvalue weighted by Crippen LogP contribution is -1.87. The van der Waals surface area contributed by atoms with Crippen molar-refractivity contribution in [3.05, 3.63) is 36.0 Å². The Bertz CT molecular complexity index is 317. The minimum atomic E-state index is 0. The molecule has 0 radical (unpaired) electrons. The molecule has 1 heterocycles. The molecule has 1 aromatic carbocycles. The van der Waals surface area contributed by atoms with Crippen LogP contribution in [0.3, 0.4) is 0 Å². The summed E-state index contributed by atoms with van der Waals surface area (Å²) in [6, 6.07) is 7.91. The largest absolute Gasteiger partial charge is 0.344 e. The lowest BCUT2D eigenvalue weighted by molar-refractivity contribution is 1.14. The normalized spacial score (nSPS) is 12.3. The SMILES string of the molecule is C1=Cc2ccccc2NN=N1.N. The van der Waals surface area contributed by atoms with Gasteiger partial charge in [-0.2, -0.15) is 0 Å². The average molecular weight is 162 g/mol. The van der Waals surface area contributed by atoms with Crippen molar-refractivity contribution in [1.29, 1.82) is 0 Å². The fraction of sp³-hybridized carbons (Fsp3) is 0. The number of fused-ring (bicyclic) bond motifs is 1. The summed E-state index contributed by atoms with van der Waals surface area (Å²) in [4.78, 5) is 0. The van der Waals surface area contributed by atoms with E-state index in [2.05, 4.69) is 15.8 Å². The van der Waals surface area contributed by atoms with Crippen molar-refractivity contribution in [2.24, 2.45) is 10.3 Å². The number of hydrogen-bond donors (Lipinski definition) is 2. The zero-order valence-electron chi connectivity index (χ0n) is 6.57. The minimum absolute atomic E-state index is 0. The number of benzene rings is 1. The average Bonchev–Trinajstić information content (AvgIpc) is 2.28. The van der Waals surface area contributed by atoms with Gasteiger partial charge in [0.1, 0.15) is 0 Å². The van der Waals surface area contributed by atoms with Crippen LogP contribution in [-0.2, 0) is 0 Å². The third-order valence-electron chi connectivity index (χ3n) is 1.51. The van der Waals surface area contributed by atoms with Crippen LogP contribution in [0.1, 0.15) is 5.56 Å². The molecule has 0 amide bonds. The molecular weight excluding hydrogens is 152 g/mol. The first-order chi connectivity index (χ1) is 5.47. The lowest BCUT2D eigenvalue weighted by Gasteiger charge is -1.99. The van der Waals surface area contributed by atoms with Crippen LogP contribution in [0.25, 0.3) is 6.08 Å². The fourth-order valence-electron chi connectivity index (χ4n) is 0.974. The number of rotatable bonds is 0. The van der Waals surface area contributed by atoms with E-state index < -0.39 is 0 Å². The molecule has 0 aromatic heterocycles. The van der Waals surface area contributed by atoms with Gasteiger partial charge in [0.2, 0.25) is 0 Å². The Morgan fingerprint density at radius 1 is 1.17 bits per heavy atom. The quantitative estimate of drug-likeness (QED) is 0.615. The zero-order valence-corrected chi connectivity index (χ0v) is 6.57. The van der Waals surface area contributed by atoms with E-state index in [4.69, 9.17) is 0 Å². The van der Waals surface area contributed by atoms with Crippen LogP contribution in [0.5, 0.6) is 0 Å². The van der Waals surface area contributed by atoms with Crippen LogP contribution < -0.4 is 11.6 Å². The summed E-state index contributed by atoms with van der Waals surface area (Å²) in [6.45, 7) is 0. The Morgan fingerprint density at radius 2 is 2.00 bits per heavy atom. The van der Waals surface area contributed by atoms with E-state index in [1.165, 1.54) is 0 Å². The molecule has 0 bridgehead atoms. The molecule has 4 N–H and O–H groups in total. The summed E-state index contributed by atoms with van der Waals surface area (Å²) < 4.78 is 0. The summed E-state index contributed by atoms with van der Waals surface area (Å²) in [7, 11) is 0. The summed E-state index contributed by atoms with van der Waals surface area (Å²) in [6.07, 6.45) is 3.58. The Labute approximate surface area is 70.6 Å². The molecule has 0 spiro atoms. The molecule has 62 valence electrons. The number of nitrogens with zero attached hydrogens (tertiary/aromatic N) is 2. The van der Waals surface area contributed by atoms with E-state index in [0.717, 1.165) is 11.3 Å². The van der Waals surface area contributed by atoms with Crippen molar-refractivity contribution < 1.29 is 0 Å². The Kier molecular flexibility index (Phi) is 2.55. The maximum absolute atomic E-state index is 3.72. The van der Waals surface area contributed by atoms with Crippen molar-refractivity contribution in [3.63, 3.8) is 0 Å². The van der Waals surface area contributed by atoms with E-state index in [1.807, 2.05) is 30.3 Å². The molecular formula is C8H10N4.